The molecule has 142 valence electrons. The summed E-state index contributed by atoms with van der Waals surface area (Å²) in [6.07, 6.45) is 6.88. The van der Waals surface area contributed by atoms with Crippen molar-refractivity contribution in [2.75, 3.05) is 5.32 Å². The molecule has 7 heteroatoms. The highest BCUT2D eigenvalue weighted by molar-refractivity contribution is 7.98. The summed E-state index contributed by atoms with van der Waals surface area (Å²) >= 11 is 1.68. The molecule has 3 rings (SSSR count). The first kappa shape index (κ1) is 19.6. The summed E-state index contributed by atoms with van der Waals surface area (Å²) in [7, 11) is 0. The Morgan fingerprint density at radius 1 is 0.964 bits per heavy atom. The first-order chi connectivity index (χ1) is 13.6. The zero-order chi connectivity index (χ0) is 19.8. The smallest absolute Gasteiger partial charge is 0.313 e. The average molecular weight is 392 g/mol. The summed E-state index contributed by atoms with van der Waals surface area (Å²) in [6, 6.07) is 14.6. The maximum absolute atomic E-state index is 12.1. The third kappa shape index (κ3) is 5.65. The van der Waals surface area contributed by atoms with Crippen LogP contribution in [-0.4, -0.2) is 21.8 Å². The van der Waals surface area contributed by atoms with E-state index in [-0.39, 0.29) is 6.04 Å². The lowest BCUT2D eigenvalue weighted by Gasteiger charge is -2.14. The summed E-state index contributed by atoms with van der Waals surface area (Å²) in [6.45, 7) is 1.81. The normalized spacial score (nSPS) is 11.5. The minimum atomic E-state index is -0.698. The van der Waals surface area contributed by atoms with Gasteiger partial charge < -0.3 is 10.6 Å². The lowest BCUT2D eigenvalue weighted by atomic mass is 10.1. The van der Waals surface area contributed by atoms with Crippen molar-refractivity contribution >= 4 is 29.3 Å². The van der Waals surface area contributed by atoms with E-state index in [0.717, 1.165) is 21.8 Å². The standard InChI is InChI=1S/C21H20N4O2S/c1-15(17-8-11-22-12-9-17)24-20(26)21(27)25-18-4-6-19(7-5-18)28-14-16-3-2-10-23-13-16/h2-13,15H,14H2,1H3,(H,24,26)(H,25,27). The van der Waals surface area contributed by atoms with Crippen LogP contribution in [0.15, 0.2) is 78.2 Å². The zero-order valence-electron chi connectivity index (χ0n) is 15.3. The highest BCUT2D eigenvalue weighted by Gasteiger charge is 2.17. The summed E-state index contributed by atoms with van der Waals surface area (Å²) in [4.78, 5) is 33.3. The molecule has 0 fully saturated rings. The van der Waals surface area contributed by atoms with Gasteiger partial charge in [0, 0.05) is 41.1 Å². The second-order valence-electron chi connectivity index (χ2n) is 6.10. The minimum Gasteiger partial charge on any atom is -0.341 e. The molecule has 1 aromatic carbocycles. The van der Waals surface area contributed by atoms with Crippen LogP contribution in [0.2, 0.25) is 0 Å². The summed E-state index contributed by atoms with van der Waals surface area (Å²) < 4.78 is 0. The van der Waals surface area contributed by atoms with Crippen LogP contribution in [-0.2, 0) is 15.3 Å². The fraction of sp³-hybridized carbons (Fsp3) is 0.143. The van der Waals surface area contributed by atoms with Gasteiger partial charge in [0.2, 0.25) is 0 Å². The summed E-state index contributed by atoms with van der Waals surface area (Å²) in [5.41, 5.74) is 2.60. The molecule has 0 saturated heterocycles. The maximum atomic E-state index is 12.1. The number of carbonyl (C=O) groups excluding carboxylic acids is 2. The minimum absolute atomic E-state index is 0.285. The number of anilines is 1. The molecular formula is C21H20N4O2S. The fourth-order valence-electron chi connectivity index (χ4n) is 2.47. The topological polar surface area (TPSA) is 84.0 Å². The maximum Gasteiger partial charge on any atom is 0.313 e. The predicted octanol–water partition coefficient (Wildman–Crippen LogP) is 3.58. The second-order valence-corrected chi connectivity index (χ2v) is 7.15. The van der Waals surface area contributed by atoms with Gasteiger partial charge in [0.25, 0.3) is 0 Å². The SMILES string of the molecule is CC(NC(=O)C(=O)Nc1ccc(SCc2cccnc2)cc1)c1ccncc1. The second kappa shape index (κ2) is 9.66. The van der Waals surface area contributed by atoms with Crippen LogP contribution in [0.3, 0.4) is 0 Å². The Labute approximate surface area is 167 Å². The zero-order valence-corrected chi connectivity index (χ0v) is 16.1. The van der Waals surface area contributed by atoms with Crippen molar-refractivity contribution in [2.24, 2.45) is 0 Å². The molecule has 0 radical (unpaired) electrons. The number of carbonyl (C=O) groups is 2. The van der Waals surface area contributed by atoms with Gasteiger partial charge in [-0.25, -0.2) is 0 Å². The number of amides is 2. The van der Waals surface area contributed by atoms with Gasteiger partial charge in [0.15, 0.2) is 0 Å². The van der Waals surface area contributed by atoms with Crippen molar-refractivity contribution < 1.29 is 9.59 Å². The van der Waals surface area contributed by atoms with E-state index in [1.165, 1.54) is 0 Å². The van der Waals surface area contributed by atoms with E-state index in [4.69, 9.17) is 0 Å². The van der Waals surface area contributed by atoms with Gasteiger partial charge in [0.1, 0.15) is 0 Å². The molecule has 0 saturated carbocycles. The van der Waals surface area contributed by atoms with E-state index in [0.29, 0.717) is 5.69 Å². The molecule has 2 aromatic heterocycles. The van der Waals surface area contributed by atoms with Crippen LogP contribution < -0.4 is 10.6 Å². The van der Waals surface area contributed by atoms with Crippen molar-refractivity contribution in [1.29, 1.82) is 0 Å². The number of pyridine rings is 2. The van der Waals surface area contributed by atoms with Crippen molar-refractivity contribution in [1.82, 2.24) is 15.3 Å². The molecular weight excluding hydrogens is 372 g/mol. The monoisotopic (exact) mass is 392 g/mol. The van der Waals surface area contributed by atoms with Gasteiger partial charge in [-0.15, -0.1) is 11.8 Å². The molecule has 2 amide bonds. The van der Waals surface area contributed by atoms with Gasteiger partial charge in [-0.1, -0.05) is 6.07 Å². The summed E-state index contributed by atoms with van der Waals surface area (Å²) in [5.74, 6) is -0.564. The summed E-state index contributed by atoms with van der Waals surface area (Å²) in [5, 5.41) is 5.29. The van der Waals surface area contributed by atoms with E-state index < -0.39 is 11.8 Å². The lowest BCUT2D eigenvalue weighted by Crippen LogP contribution is -2.36. The molecule has 0 bridgehead atoms. The first-order valence-electron chi connectivity index (χ1n) is 8.75. The molecule has 28 heavy (non-hydrogen) atoms. The number of hydrogen-bond donors (Lipinski definition) is 2. The van der Waals surface area contributed by atoms with Crippen molar-refractivity contribution in [3.8, 4) is 0 Å². The average Bonchev–Trinajstić information content (AvgIpc) is 2.74. The quantitative estimate of drug-likeness (QED) is 0.495. The largest absolute Gasteiger partial charge is 0.341 e. The van der Waals surface area contributed by atoms with Crippen LogP contribution in [0, 0.1) is 0 Å². The molecule has 3 aromatic rings. The number of nitrogens with one attached hydrogen (secondary N) is 2. The highest BCUT2D eigenvalue weighted by Crippen LogP contribution is 2.24. The Balaban J connectivity index is 1.50. The van der Waals surface area contributed by atoms with Crippen LogP contribution in [0.25, 0.3) is 0 Å². The van der Waals surface area contributed by atoms with Gasteiger partial charge in [-0.3, -0.25) is 19.6 Å². The van der Waals surface area contributed by atoms with Crippen LogP contribution in [0.5, 0.6) is 0 Å². The lowest BCUT2D eigenvalue weighted by molar-refractivity contribution is -0.136. The van der Waals surface area contributed by atoms with E-state index in [1.54, 1.807) is 54.6 Å². The van der Waals surface area contributed by atoms with E-state index in [2.05, 4.69) is 20.6 Å². The van der Waals surface area contributed by atoms with Crippen molar-refractivity contribution in [3.05, 3.63) is 84.4 Å². The Morgan fingerprint density at radius 3 is 2.39 bits per heavy atom. The van der Waals surface area contributed by atoms with Crippen LogP contribution >= 0.6 is 11.8 Å². The first-order valence-corrected chi connectivity index (χ1v) is 9.74. The highest BCUT2D eigenvalue weighted by atomic mass is 32.2. The Hall–Kier alpha value is -3.19. The van der Waals surface area contributed by atoms with Gasteiger partial charge >= 0.3 is 11.8 Å². The van der Waals surface area contributed by atoms with Gasteiger partial charge in [-0.2, -0.15) is 0 Å². The molecule has 2 N–H and O–H groups in total. The Kier molecular flexibility index (Phi) is 6.75. The van der Waals surface area contributed by atoms with Crippen LogP contribution in [0.1, 0.15) is 24.1 Å². The van der Waals surface area contributed by atoms with Crippen molar-refractivity contribution in [2.45, 2.75) is 23.6 Å². The van der Waals surface area contributed by atoms with E-state index >= 15 is 0 Å². The fourth-order valence-corrected chi connectivity index (χ4v) is 3.30. The molecule has 2 heterocycles. The van der Waals surface area contributed by atoms with E-state index in [1.807, 2.05) is 37.4 Å². The Morgan fingerprint density at radius 2 is 1.71 bits per heavy atom. The number of benzene rings is 1. The molecule has 0 aliphatic rings. The molecule has 1 unspecified atom stereocenters. The van der Waals surface area contributed by atoms with Crippen LogP contribution in [0.4, 0.5) is 5.69 Å². The molecule has 6 nitrogen and oxygen atoms in total. The third-order valence-electron chi connectivity index (χ3n) is 4.00. The number of aromatic nitrogens is 2. The molecule has 0 spiro atoms. The Bertz CT molecular complexity index is 918. The third-order valence-corrected chi connectivity index (χ3v) is 5.08. The molecule has 0 aliphatic heterocycles. The molecule has 1 atom stereocenters. The predicted molar refractivity (Wildman–Crippen MR) is 110 cm³/mol. The number of thioether (sulfide) groups is 1. The number of hydrogen-bond acceptors (Lipinski definition) is 5. The van der Waals surface area contributed by atoms with Crippen molar-refractivity contribution in [3.63, 3.8) is 0 Å². The number of nitrogens with zero attached hydrogens (tertiary/aromatic N) is 2. The van der Waals surface area contributed by atoms with E-state index in [9.17, 15) is 9.59 Å². The van der Waals surface area contributed by atoms with Gasteiger partial charge in [-0.05, 0) is 60.5 Å². The molecule has 0 aliphatic carbocycles. The van der Waals surface area contributed by atoms with Gasteiger partial charge in [0.05, 0.1) is 6.04 Å². The number of rotatable bonds is 6.